The van der Waals surface area contributed by atoms with Gasteiger partial charge in [-0.2, -0.15) is 0 Å². The van der Waals surface area contributed by atoms with Crippen molar-refractivity contribution in [2.75, 3.05) is 6.26 Å². The summed E-state index contributed by atoms with van der Waals surface area (Å²) in [7, 11) is 2.00. The minimum Gasteiger partial charge on any atom is -0.121 e. The average Bonchev–Trinajstić information content (AvgIpc) is 2.85. The summed E-state index contributed by atoms with van der Waals surface area (Å²) in [4.78, 5) is 1.42. The predicted octanol–water partition coefficient (Wildman–Crippen LogP) is 6.64. The van der Waals surface area contributed by atoms with E-state index in [4.69, 9.17) is 0 Å². The lowest BCUT2D eigenvalue weighted by Gasteiger charge is -2.10. The van der Waals surface area contributed by atoms with E-state index in [0.29, 0.717) is 0 Å². The van der Waals surface area contributed by atoms with E-state index in [1.165, 1.54) is 31.4 Å². The van der Waals surface area contributed by atoms with Crippen LogP contribution in [0.1, 0.15) is 16.7 Å². The van der Waals surface area contributed by atoms with Crippen LogP contribution in [0.15, 0.2) is 54.6 Å². The summed E-state index contributed by atoms with van der Waals surface area (Å²) in [5.41, 5.74) is 5.40. The molecule has 3 rings (SSSR count). The van der Waals surface area contributed by atoms with Gasteiger partial charge in [0.25, 0.3) is 0 Å². The molecule has 2 aromatic rings. The van der Waals surface area contributed by atoms with E-state index in [1.807, 2.05) is 22.6 Å². The molecule has 1 heterocycles. The fourth-order valence-corrected chi connectivity index (χ4v) is 10.7. The summed E-state index contributed by atoms with van der Waals surface area (Å²) in [6.07, 6.45) is 2.19. The lowest BCUT2D eigenvalue weighted by Crippen LogP contribution is -1.95. The monoisotopic (exact) mass is 442 g/mol. The molecule has 0 saturated carbocycles. The molecule has 1 aliphatic rings. The van der Waals surface area contributed by atoms with Gasteiger partial charge in [-0.1, -0.05) is 71.0 Å². The van der Waals surface area contributed by atoms with Crippen LogP contribution in [0.2, 0.25) is 0 Å². The van der Waals surface area contributed by atoms with E-state index in [2.05, 4.69) is 89.0 Å². The predicted molar refractivity (Wildman–Crippen MR) is 112 cm³/mol. The summed E-state index contributed by atoms with van der Waals surface area (Å²) in [5.74, 6) is 0. The molecule has 1 aliphatic heterocycles. The van der Waals surface area contributed by atoms with Crippen LogP contribution in [0, 0.1) is 6.92 Å². The van der Waals surface area contributed by atoms with Crippen molar-refractivity contribution in [1.29, 1.82) is 0 Å². The Bertz CT molecular complexity index is 715. The van der Waals surface area contributed by atoms with Crippen molar-refractivity contribution in [3.05, 3.63) is 71.3 Å². The SMILES string of the molecule is CSC1=S(I)SC(c2ccc(C)cc2)=C1c1ccccc1. The lowest BCUT2D eigenvalue weighted by molar-refractivity contribution is 1.46. The highest BCUT2D eigenvalue weighted by Crippen LogP contribution is 2.60. The van der Waals surface area contributed by atoms with E-state index in [-0.39, 0.29) is 6.69 Å². The first-order chi connectivity index (χ1) is 10.2. The summed E-state index contributed by atoms with van der Waals surface area (Å²) in [6, 6.07) is 19.7. The Hall–Kier alpha value is -0.170. The van der Waals surface area contributed by atoms with Crippen molar-refractivity contribution >= 4 is 65.1 Å². The van der Waals surface area contributed by atoms with Crippen molar-refractivity contribution in [2.45, 2.75) is 6.92 Å². The molecule has 0 spiro atoms. The van der Waals surface area contributed by atoms with Gasteiger partial charge in [0.1, 0.15) is 0 Å². The van der Waals surface area contributed by atoms with Gasteiger partial charge in [-0.25, -0.2) is 0 Å². The van der Waals surface area contributed by atoms with E-state index >= 15 is 0 Å². The van der Waals surface area contributed by atoms with Crippen LogP contribution in [-0.4, -0.2) is 10.5 Å². The topological polar surface area (TPSA) is 0 Å². The maximum Gasteiger partial charge on any atom is 0.0594 e. The van der Waals surface area contributed by atoms with E-state index in [1.54, 1.807) is 0 Å². The first kappa shape index (κ1) is 15.7. The molecule has 108 valence electrons. The Balaban J connectivity index is 2.17. The fraction of sp³-hybridized carbons (Fsp3) is 0.118. The van der Waals surface area contributed by atoms with Crippen molar-refractivity contribution < 1.29 is 0 Å². The smallest absolute Gasteiger partial charge is 0.0594 e. The summed E-state index contributed by atoms with van der Waals surface area (Å²) in [6.45, 7) is 2.35. The average molecular weight is 442 g/mol. The first-order valence-corrected chi connectivity index (χ1v) is 12.9. The molecule has 21 heavy (non-hydrogen) atoms. The normalized spacial score (nSPS) is 18.4. The molecular weight excluding hydrogens is 427 g/mol. The van der Waals surface area contributed by atoms with Gasteiger partial charge in [0.05, 0.1) is 4.20 Å². The van der Waals surface area contributed by atoms with Crippen LogP contribution in [0.25, 0.3) is 10.5 Å². The summed E-state index contributed by atoms with van der Waals surface area (Å²) < 4.78 is 1.50. The molecule has 0 saturated heterocycles. The molecule has 4 heteroatoms. The van der Waals surface area contributed by atoms with Gasteiger partial charge in [-0.3, -0.25) is 0 Å². The number of rotatable bonds is 2. The van der Waals surface area contributed by atoms with E-state index in [0.717, 1.165) is 0 Å². The molecule has 0 amide bonds. The zero-order chi connectivity index (χ0) is 14.8. The zero-order valence-electron chi connectivity index (χ0n) is 11.8. The molecule has 0 N–H and O–H groups in total. The number of aryl methyl sites for hydroxylation is 1. The molecule has 1 atom stereocenters. The summed E-state index contributed by atoms with van der Waals surface area (Å²) >= 11 is 4.46. The largest absolute Gasteiger partial charge is 0.121 e. The third-order valence-corrected chi connectivity index (χ3v) is 11.7. The number of thioether (sulfide) groups is 1. The molecule has 0 nitrogen and oxygen atoms in total. The van der Waals surface area contributed by atoms with Crippen molar-refractivity contribution in [2.24, 2.45) is 0 Å². The molecular formula is C17H15IS3. The van der Waals surface area contributed by atoms with Crippen molar-refractivity contribution in [1.82, 2.24) is 0 Å². The Kier molecular flexibility index (Phi) is 5.19. The molecule has 0 bridgehead atoms. The highest BCUT2D eigenvalue weighted by atomic mass is 127. The molecule has 0 radical (unpaired) electrons. The van der Waals surface area contributed by atoms with Gasteiger partial charge < -0.3 is 0 Å². The van der Waals surface area contributed by atoms with Gasteiger partial charge in [-0.15, -0.1) is 11.8 Å². The maximum absolute atomic E-state index is 2.58. The molecule has 0 aromatic heterocycles. The second-order valence-electron chi connectivity index (χ2n) is 4.73. The van der Waals surface area contributed by atoms with Crippen LogP contribution in [-0.2, 0) is 0 Å². The second-order valence-corrected chi connectivity index (χ2v) is 13.2. The van der Waals surface area contributed by atoms with Crippen molar-refractivity contribution in [3.63, 3.8) is 0 Å². The third kappa shape index (κ3) is 3.28. The van der Waals surface area contributed by atoms with Gasteiger partial charge in [0, 0.05) is 31.7 Å². The van der Waals surface area contributed by atoms with Gasteiger partial charge >= 0.3 is 0 Å². The zero-order valence-corrected chi connectivity index (χ0v) is 16.4. The number of halogens is 1. The Labute approximate surface area is 148 Å². The molecule has 0 aliphatic carbocycles. The second kappa shape index (κ2) is 6.94. The standard InChI is InChI=1S/C17H15IS3/c1-12-8-10-14(11-9-12)16-15(13-6-4-3-5-7-13)17(19-2)21(18)20-16/h3-11H,1-2H3. The van der Waals surface area contributed by atoms with Crippen LogP contribution < -0.4 is 0 Å². The Morgan fingerprint density at radius 3 is 2.24 bits per heavy atom. The molecule has 2 aromatic carbocycles. The van der Waals surface area contributed by atoms with Gasteiger partial charge in [0.2, 0.25) is 0 Å². The number of benzene rings is 2. The first-order valence-electron chi connectivity index (χ1n) is 6.57. The third-order valence-electron chi connectivity index (χ3n) is 3.30. The fourth-order valence-electron chi connectivity index (χ4n) is 2.24. The molecule has 0 fully saturated rings. The minimum absolute atomic E-state index is 0.215. The highest BCUT2D eigenvalue weighted by Gasteiger charge is 2.25. The maximum atomic E-state index is 2.58. The quantitative estimate of drug-likeness (QED) is 0.291. The van der Waals surface area contributed by atoms with Crippen LogP contribution in [0.5, 0.6) is 0 Å². The van der Waals surface area contributed by atoms with Crippen LogP contribution in [0.4, 0.5) is 0 Å². The van der Waals surface area contributed by atoms with Crippen LogP contribution in [0.3, 0.4) is 0 Å². The minimum atomic E-state index is 0.215. The Morgan fingerprint density at radius 1 is 0.952 bits per heavy atom. The highest BCUT2D eigenvalue weighted by molar-refractivity contribution is 14.2. The van der Waals surface area contributed by atoms with Gasteiger partial charge in [-0.05, 0) is 31.0 Å². The number of hydrogen-bond donors (Lipinski definition) is 0. The summed E-state index contributed by atoms with van der Waals surface area (Å²) in [5, 5.41) is 0. The number of hydrogen-bond acceptors (Lipinski definition) is 2. The lowest BCUT2D eigenvalue weighted by atomic mass is 10.0. The van der Waals surface area contributed by atoms with Gasteiger partial charge in [0.15, 0.2) is 0 Å². The Morgan fingerprint density at radius 2 is 1.62 bits per heavy atom. The molecule has 1 unspecified atom stereocenters. The van der Waals surface area contributed by atoms with Crippen LogP contribution >= 0.6 is 50.4 Å². The van der Waals surface area contributed by atoms with E-state index in [9.17, 15) is 0 Å². The van der Waals surface area contributed by atoms with Crippen molar-refractivity contribution in [3.8, 4) is 0 Å². The van der Waals surface area contributed by atoms with E-state index < -0.39 is 0 Å².